The van der Waals surface area contributed by atoms with Gasteiger partial charge in [-0.3, -0.25) is 4.99 Å². The number of aliphatic imine (C=N–C) groups is 1. The largest absolute Gasteiger partial charge is 0.506 e. The number of aromatic hydroxyl groups is 1. The molecule has 0 spiro atoms. The van der Waals surface area contributed by atoms with Crippen molar-refractivity contribution in [3.8, 4) is 5.75 Å². The van der Waals surface area contributed by atoms with E-state index in [2.05, 4.69) is 11.9 Å². The van der Waals surface area contributed by atoms with Crippen LogP contribution in [0.3, 0.4) is 0 Å². The summed E-state index contributed by atoms with van der Waals surface area (Å²) >= 11 is 0.473. The highest BCUT2D eigenvalue weighted by Gasteiger charge is 2.22. The van der Waals surface area contributed by atoms with Crippen molar-refractivity contribution >= 4 is 27.3 Å². The van der Waals surface area contributed by atoms with E-state index >= 15 is 0 Å². The van der Waals surface area contributed by atoms with Crippen LogP contribution in [0.5, 0.6) is 5.75 Å². The van der Waals surface area contributed by atoms with Gasteiger partial charge < -0.3 is 10.8 Å². The smallest absolute Gasteiger partial charge is 0.311 e. The Morgan fingerprint density at radius 1 is 0.969 bits per heavy atom. The molecular formula is C24H34N2O4S2. The molecule has 2 aromatic carbocycles. The van der Waals surface area contributed by atoms with E-state index in [0.29, 0.717) is 18.6 Å². The molecule has 8 heteroatoms. The number of nitrogens with zero attached hydrogens (tertiary/aromatic N) is 1. The van der Waals surface area contributed by atoms with Gasteiger partial charge in [0.15, 0.2) is 5.17 Å². The van der Waals surface area contributed by atoms with E-state index in [1.165, 1.54) is 50.7 Å². The van der Waals surface area contributed by atoms with Gasteiger partial charge in [-0.1, -0.05) is 88.3 Å². The van der Waals surface area contributed by atoms with Crippen molar-refractivity contribution in [3.05, 3.63) is 59.7 Å². The summed E-state index contributed by atoms with van der Waals surface area (Å²) in [5.41, 5.74) is 7.57. The standard InChI is InChI=1S/C24H34N2O4S2/c1-2-3-4-5-6-7-8-10-13-20-16-17-22(27)23(18-20)32(28,29)30-31-24(25)26-19-21-14-11-9-12-15-21/h9,11-12,14-18,27H,2-8,10,13,19H2,1H3,(H2,25,26). The van der Waals surface area contributed by atoms with E-state index in [4.69, 9.17) is 9.36 Å². The number of hydrogen-bond acceptors (Lipinski definition) is 6. The lowest BCUT2D eigenvalue weighted by atomic mass is 10.0. The minimum absolute atomic E-state index is 0.00740. The zero-order valence-corrected chi connectivity index (χ0v) is 20.3. The molecule has 32 heavy (non-hydrogen) atoms. The number of phenols is 1. The molecule has 0 aliphatic heterocycles. The molecule has 2 aromatic rings. The van der Waals surface area contributed by atoms with Crippen molar-refractivity contribution in [2.45, 2.75) is 76.2 Å². The molecule has 0 aliphatic carbocycles. The first kappa shape index (κ1) is 26.2. The molecule has 0 saturated heterocycles. The monoisotopic (exact) mass is 478 g/mol. The van der Waals surface area contributed by atoms with Crippen molar-refractivity contribution in [1.29, 1.82) is 0 Å². The zero-order chi connectivity index (χ0) is 23.2. The van der Waals surface area contributed by atoms with Crippen LogP contribution in [-0.4, -0.2) is 18.7 Å². The van der Waals surface area contributed by atoms with Crippen LogP contribution in [0.15, 0.2) is 58.4 Å². The number of phenolic OH excluding ortho intramolecular Hbond substituents is 1. The quantitative estimate of drug-likeness (QED) is 0.151. The second-order valence-electron chi connectivity index (χ2n) is 7.77. The van der Waals surface area contributed by atoms with E-state index in [1.807, 2.05) is 30.3 Å². The summed E-state index contributed by atoms with van der Waals surface area (Å²) in [5, 5.41) is 10.1. The Morgan fingerprint density at radius 3 is 2.31 bits per heavy atom. The SMILES string of the molecule is CCCCCCCCCCc1ccc(O)c(S(=O)(=O)OSC(N)=NCc2ccccc2)c1. The van der Waals surface area contributed by atoms with Crippen LogP contribution < -0.4 is 5.73 Å². The summed E-state index contributed by atoms with van der Waals surface area (Å²) in [6.07, 6.45) is 10.4. The number of rotatable bonds is 14. The normalized spacial score (nSPS) is 12.2. The van der Waals surface area contributed by atoms with Crippen molar-refractivity contribution in [1.82, 2.24) is 0 Å². The maximum Gasteiger partial charge on any atom is 0.311 e. The number of aryl methyl sites for hydroxylation is 1. The van der Waals surface area contributed by atoms with E-state index in [9.17, 15) is 13.5 Å². The number of unbranched alkanes of at least 4 members (excludes halogenated alkanes) is 7. The Labute approximate surface area is 196 Å². The molecule has 0 aromatic heterocycles. The Bertz CT molecular complexity index is 948. The zero-order valence-electron chi connectivity index (χ0n) is 18.7. The number of amidine groups is 1. The molecule has 0 amide bonds. The summed E-state index contributed by atoms with van der Waals surface area (Å²) in [6, 6.07) is 14.1. The van der Waals surface area contributed by atoms with Gasteiger partial charge in [0.05, 0.1) is 18.6 Å². The van der Waals surface area contributed by atoms with Gasteiger partial charge in [0, 0.05) is 0 Å². The first-order valence-corrected chi connectivity index (χ1v) is 13.3. The maximum absolute atomic E-state index is 12.6. The van der Waals surface area contributed by atoms with Gasteiger partial charge in [-0.25, -0.2) is 0 Å². The Hall–Kier alpha value is -2.03. The van der Waals surface area contributed by atoms with Gasteiger partial charge in [0.25, 0.3) is 0 Å². The van der Waals surface area contributed by atoms with Gasteiger partial charge in [0.1, 0.15) is 10.6 Å². The van der Waals surface area contributed by atoms with E-state index in [0.717, 1.165) is 30.4 Å². The highest BCUT2D eigenvalue weighted by molar-refractivity contribution is 8.15. The van der Waals surface area contributed by atoms with Crippen LogP contribution in [0.4, 0.5) is 0 Å². The van der Waals surface area contributed by atoms with Crippen LogP contribution in [0, 0.1) is 0 Å². The maximum atomic E-state index is 12.6. The number of nitrogens with two attached hydrogens (primary N) is 1. The van der Waals surface area contributed by atoms with Crippen LogP contribution in [-0.2, 0) is 26.7 Å². The van der Waals surface area contributed by atoms with E-state index in [-0.39, 0.29) is 15.8 Å². The van der Waals surface area contributed by atoms with Crippen molar-refractivity contribution in [2.75, 3.05) is 0 Å². The Kier molecular flexibility index (Phi) is 11.6. The highest BCUT2D eigenvalue weighted by atomic mass is 32.3. The van der Waals surface area contributed by atoms with Crippen molar-refractivity contribution < 1.29 is 17.2 Å². The molecule has 176 valence electrons. The fourth-order valence-corrected chi connectivity index (χ4v) is 4.94. The minimum atomic E-state index is -4.19. The predicted molar refractivity (Wildman–Crippen MR) is 132 cm³/mol. The first-order chi connectivity index (χ1) is 15.4. The number of hydrogen-bond donors (Lipinski definition) is 2. The molecule has 0 radical (unpaired) electrons. The molecule has 2 rings (SSSR count). The molecule has 0 heterocycles. The molecule has 6 nitrogen and oxygen atoms in total. The minimum Gasteiger partial charge on any atom is -0.506 e. The fourth-order valence-electron chi connectivity index (χ4n) is 3.27. The summed E-state index contributed by atoms with van der Waals surface area (Å²) < 4.78 is 30.1. The summed E-state index contributed by atoms with van der Waals surface area (Å²) in [6.45, 7) is 2.53. The van der Waals surface area contributed by atoms with Crippen LogP contribution in [0.2, 0.25) is 0 Å². The highest BCUT2D eigenvalue weighted by Crippen LogP contribution is 2.28. The Balaban J connectivity index is 1.85. The summed E-state index contributed by atoms with van der Waals surface area (Å²) in [4.78, 5) is 3.87. The molecule has 0 aliphatic rings. The van der Waals surface area contributed by atoms with Crippen LogP contribution in [0.25, 0.3) is 0 Å². The Morgan fingerprint density at radius 2 is 1.62 bits per heavy atom. The molecule has 0 fully saturated rings. The van der Waals surface area contributed by atoms with Gasteiger partial charge >= 0.3 is 10.1 Å². The van der Waals surface area contributed by atoms with Gasteiger partial charge in [-0.15, -0.1) is 0 Å². The topological polar surface area (TPSA) is 102 Å². The molecule has 0 atom stereocenters. The van der Waals surface area contributed by atoms with Crippen LogP contribution >= 0.6 is 12.0 Å². The number of benzene rings is 2. The lowest BCUT2D eigenvalue weighted by molar-refractivity contribution is 0.451. The first-order valence-electron chi connectivity index (χ1n) is 11.2. The van der Waals surface area contributed by atoms with Gasteiger partial charge in [-0.05, 0) is 36.1 Å². The third-order valence-electron chi connectivity index (χ3n) is 5.08. The van der Waals surface area contributed by atoms with Crippen LogP contribution in [0.1, 0.15) is 69.4 Å². The van der Waals surface area contributed by atoms with E-state index < -0.39 is 10.1 Å². The van der Waals surface area contributed by atoms with Gasteiger partial charge in [0.2, 0.25) is 0 Å². The third-order valence-corrected chi connectivity index (χ3v) is 7.24. The molecule has 3 N–H and O–H groups in total. The second kappa shape index (κ2) is 14.2. The van der Waals surface area contributed by atoms with Gasteiger partial charge in [-0.2, -0.15) is 12.0 Å². The van der Waals surface area contributed by atoms with E-state index in [1.54, 1.807) is 6.07 Å². The second-order valence-corrected chi connectivity index (χ2v) is 10.2. The molecule has 0 saturated carbocycles. The average Bonchev–Trinajstić information content (AvgIpc) is 2.79. The molecule has 0 unspecified atom stereocenters. The lowest BCUT2D eigenvalue weighted by Gasteiger charge is -2.09. The summed E-state index contributed by atoms with van der Waals surface area (Å²) in [5.74, 6) is -0.343. The fraction of sp³-hybridized carbons (Fsp3) is 0.458. The third kappa shape index (κ3) is 9.63. The average molecular weight is 479 g/mol. The summed E-state index contributed by atoms with van der Waals surface area (Å²) in [7, 11) is -4.19. The molecular weight excluding hydrogens is 444 g/mol. The van der Waals surface area contributed by atoms with Crippen molar-refractivity contribution in [2.24, 2.45) is 10.7 Å². The molecule has 0 bridgehead atoms. The van der Waals surface area contributed by atoms with Crippen molar-refractivity contribution in [3.63, 3.8) is 0 Å². The predicted octanol–water partition coefficient (Wildman–Crippen LogP) is 5.94. The lowest BCUT2D eigenvalue weighted by Crippen LogP contribution is -2.11.